The van der Waals surface area contributed by atoms with Crippen LogP contribution in [0.25, 0.3) is 11.1 Å². The van der Waals surface area contributed by atoms with Crippen molar-refractivity contribution in [2.45, 2.75) is 18.5 Å². The predicted molar refractivity (Wildman–Crippen MR) is 118 cm³/mol. The molecule has 30 heavy (non-hydrogen) atoms. The normalized spacial score (nSPS) is 12.1. The number of nitrogens with one attached hydrogen (secondary N) is 1. The van der Waals surface area contributed by atoms with E-state index in [-0.39, 0.29) is 18.5 Å². The lowest BCUT2D eigenvalue weighted by Crippen LogP contribution is -2.14. The van der Waals surface area contributed by atoms with Crippen LogP contribution in [0.15, 0.2) is 47.6 Å². The van der Waals surface area contributed by atoms with Crippen molar-refractivity contribution >= 4 is 40.8 Å². The zero-order valence-corrected chi connectivity index (χ0v) is 17.7. The number of nitrogen functional groups attached to an aromatic ring is 1. The zero-order chi connectivity index (χ0) is 21.1. The molecule has 0 atom stereocenters. The number of rotatable bonds is 6. The number of nitrogens with two attached hydrogens (primary N) is 1. The van der Waals surface area contributed by atoms with E-state index in [9.17, 15) is 4.79 Å². The van der Waals surface area contributed by atoms with Gasteiger partial charge in [0.1, 0.15) is 5.82 Å². The summed E-state index contributed by atoms with van der Waals surface area (Å²) >= 11 is 7.21. The van der Waals surface area contributed by atoms with Crippen molar-refractivity contribution in [1.29, 1.82) is 0 Å². The number of aryl methyl sites for hydroxylation is 1. The average Bonchev–Trinajstić information content (AvgIpc) is 3.20. The molecule has 2 heterocycles. The highest BCUT2D eigenvalue weighted by Crippen LogP contribution is 2.34. The van der Waals surface area contributed by atoms with Crippen LogP contribution in [0.4, 0.5) is 11.5 Å². The Hall–Kier alpha value is -2.97. The molecular formula is C21H19ClN4O3S. The lowest BCUT2D eigenvalue weighted by molar-refractivity contribution is -0.113. The molecule has 9 heteroatoms. The predicted octanol–water partition coefficient (Wildman–Crippen LogP) is 4.40. The first kappa shape index (κ1) is 20.3. The summed E-state index contributed by atoms with van der Waals surface area (Å²) in [4.78, 5) is 21.3. The van der Waals surface area contributed by atoms with Crippen LogP contribution in [0.5, 0.6) is 11.5 Å². The van der Waals surface area contributed by atoms with E-state index < -0.39 is 0 Å². The summed E-state index contributed by atoms with van der Waals surface area (Å²) in [5.41, 5.74) is 9.39. The second-order valence-corrected chi connectivity index (χ2v) is 7.86. The van der Waals surface area contributed by atoms with Crippen molar-refractivity contribution in [3.63, 3.8) is 0 Å². The van der Waals surface area contributed by atoms with E-state index in [0.717, 1.165) is 16.8 Å². The van der Waals surface area contributed by atoms with E-state index in [2.05, 4.69) is 15.3 Å². The minimum absolute atomic E-state index is 0.150. The Morgan fingerprint density at radius 1 is 1.17 bits per heavy atom. The van der Waals surface area contributed by atoms with Crippen LogP contribution < -0.4 is 20.5 Å². The molecule has 2 aromatic carbocycles. The van der Waals surface area contributed by atoms with Gasteiger partial charge in [0.15, 0.2) is 16.7 Å². The summed E-state index contributed by atoms with van der Waals surface area (Å²) in [5.74, 6) is 1.63. The third kappa shape index (κ3) is 4.44. The lowest BCUT2D eigenvalue weighted by atomic mass is 10.0. The molecular weight excluding hydrogens is 424 g/mol. The molecule has 154 valence electrons. The van der Waals surface area contributed by atoms with Gasteiger partial charge in [0.2, 0.25) is 12.7 Å². The van der Waals surface area contributed by atoms with Gasteiger partial charge >= 0.3 is 0 Å². The number of carbonyl (C=O) groups is 1. The quantitative estimate of drug-likeness (QED) is 0.431. The highest BCUT2D eigenvalue weighted by molar-refractivity contribution is 7.99. The highest BCUT2D eigenvalue weighted by Gasteiger charge is 2.16. The molecule has 0 aliphatic carbocycles. The van der Waals surface area contributed by atoms with Crippen molar-refractivity contribution in [1.82, 2.24) is 9.97 Å². The number of thioether (sulfide) groups is 1. The first-order valence-corrected chi connectivity index (χ1v) is 10.6. The lowest BCUT2D eigenvalue weighted by Gasteiger charge is -2.12. The third-order valence-electron chi connectivity index (χ3n) is 4.45. The zero-order valence-electron chi connectivity index (χ0n) is 16.1. The molecule has 3 N–H and O–H groups in total. The number of hydrogen-bond acceptors (Lipinski definition) is 7. The summed E-state index contributed by atoms with van der Waals surface area (Å²) in [6, 6.07) is 12.6. The van der Waals surface area contributed by atoms with Crippen LogP contribution in [0.2, 0.25) is 5.02 Å². The molecule has 0 saturated heterocycles. The largest absolute Gasteiger partial charge is 0.454 e. The van der Waals surface area contributed by atoms with Crippen LogP contribution >= 0.6 is 23.4 Å². The van der Waals surface area contributed by atoms with Gasteiger partial charge in [-0.15, -0.1) is 0 Å². The molecule has 0 fully saturated rings. The van der Waals surface area contributed by atoms with Gasteiger partial charge in [0.05, 0.1) is 11.4 Å². The van der Waals surface area contributed by atoms with E-state index in [0.29, 0.717) is 39.6 Å². The van der Waals surface area contributed by atoms with Gasteiger partial charge in [0.25, 0.3) is 0 Å². The van der Waals surface area contributed by atoms with Gasteiger partial charge in [-0.1, -0.05) is 42.4 Å². The summed E-state index contributed by atoms with van der Waals surface area (Å²) in [7, 11) is 0. The second-order valence-electron chi connectivity index (χ2n) is 6.48. The third-order valence-corrected chi connectivity index (χ3v) is 5.55. The Bertz CT molecular complexity index is 1090. The van der Waals surface area contributed by atoms with Crippen molar-refractivity contribution in [2.75, 3.05) is 23.6 Å². The maximum atomic E-state index is 12.3. The number of fused-ring (bicyclic) bond motifs is 1. The average molecular weight is 443 g/mol. The Labute approximate surface area is 183 Å². The number of halogens is 1. The minimum atomic E-state index is -0.180. The van der Waals surface area contributed by atoms with Crippen molar-refractivity contribution in [2.24, 2.45) is 0 Å². The minimum Gasteiger partial charge on any atom is -0.454 e. The van der Waals surface area contributed by atoms with Gasteiger partial charge < -0.3 is 20.5 Å². The number of hydrogen-bond donors (Lipinski definition) is 2. The van der Waals surface area contributed by atoms with Crippen molar-refractivity contribution in [3.05, 3.63) is 53.2 Å². The molecule has 0 unspecified atom stereocenters. The SMILES string of the molecule is CCc1nc(SCC(=O)Nc2ccc3c(c2)OCO3)nc(N)c1-c1ccc(Cl)cc1. The van der Waals surface area contributed by atoms with Crippen LogP contribution in [-0.2, 0) is 11.2 Å². The molecule has 0 bridgehead atoms. The fourth-order valence-corrected chi connectivity index (χ4v) is 3.85. The maximum absolute atomic E-state index is 12.3. The van der Waals surface area contributed by atoms with E-state index in [4.69, 9.17) is 26.8 Å². The van der Waals surface area contributed by atoms with Gasteiger partial charge in [0, 0.05) is 22.3 Å². The molecule has 1 aliphatic heterocycles. The first-order valence-electron chi connectivity index (χ1n) is 9.28. The Balaban J connectivity index is 1.45. The number of nitrogens with zero attached hydrogens (tertiary/aromatic N) is 2. The van der Waals surface area contributed by atoms with E-state index in [1.54, 1.807) is 30.3 Å². The summed E-state index contributed by atoms with van der Waals surface area (Å²) < 4.78 is 10.6. The fourth-order valence-electron chi connectivity index (χ4n) is 3.06. The molecule has 0 spiro atoms. The Morgan fingerprint density at radius 3 is 2.70 bits per heavy atom. The van der Waals surface area contributed by atoms with Gasteiger partial charge in [-0.05, 0) is 36.2 Å². The molecule has 0 saturated carbocycles. The van der Waals surface area contributed by atoms with Crippen LogP contribution in [-0.4, -0.2) is 28.4 Å². The number of ether oxygens (including phenoxy) is 2. The number of amides is 1. The smallest absolute Gasteiger partial charge is 0.234 e. The molecule has 4 rings (SSSR count). The van der Waals surface area contributed by atoms with E-state index in [1.807, 2.05) is 19.1 Å². The van der Waals surface area contributed by atoms with Crippen molar-refractivity contribution in [3.8, 4) is 22.6 Å². The van der Waals surface area contributed by atoms with Crippen LogP contribution in [0, 0.1) is 0 Å². The first-order chi connectivity index (χ1) is 14.5. The molecule has 3 aromatic rings. The molecule has 1 amide bonds. The Morgan fingerprint density at radius 2 is 1.93 bits per heavy atom. The summed E-state index contributed by atoms with van der Waals surface area (Å²) in [5, 5.41) is 3.94. The summed E-state index contributed by atoms with van der Waals surface area (Å²) in [6.07, 6.45) is 0.682. The number of benzene rings is 2. The molecule has 0 radical (unpaired) electrons. The van der Waals surface area contributed by atoms with E-state index >= 15 is 0 Å². The molecule has 7 nitrogen and oxygen atoms in total. The summed E-state index contributed by atoms with van der Waals surface area (Å²) in [6.45, 7) is 2.19. The Kier molecular flexibility index (Phi) is 5.96. The second kappa shape index (κ2) is 8.81. The van der Waals surface area contributed by atoms with Crippen molar-refractivity contribution < 1.29 is 14.3 Å². The fraction of sp³-hybridized carbons (Fsp3) is 0.190. The van der Waals surface area contributed by atoms with Gasteiger partial charge in [-0.25, -0.2) is 9.97 Å². The number of aromatic nitrogens is 2. The monoisotopic (exact) mass is 442 g/mol. The van der Waals surface area contributed by atoms with Crippen LogP contribution in [0.3, 0.4) is 0 Å². The molecule has 1 aromatic heterocycles. The topological polar surface area (TPSA) is 99.4 Å². The number of carbonyl (C=O) groups excluding carboxylic acids is 1. The standard InChI is InChI=1S/C21H19ClN4O3S/c1-2-15-19(12-3-5-13(22)6-4-12)20(23)26-21(25-15)30-10-18(27)24-14-7-8-16-17(9-14)29-11-28-16/h3-9H,2,10-11H2,1H3,(H,24,27)(H2,23,25,26). The van der Waals surface area contributed by atoms with Gasteiger partial charge in [-0.3, -0.25) is 4.79 Å². The van der Waals surface area contributed by atoms with Crippen LogP contribution in [0.1, 0.15) is 12.6 Å². The van der Waals surface area contributed by atoms with Gasteiger partial charge in [-0.2, -0.15) is 0 Å². The maximum Gasteiger partial charge on any atom is 0.234 e. The number of anilines is 2. The molecule has 1 aliphatic rings. The van der Waals surface area contributed by atoms with E-state index in [1.165, 1.54) is 11.8 Å². The highest BCUT2D eigenvalue weighted by atomic mass is 35.5.